The van der Waals surface area contributed by atoms with Gasteiger partial charge in [-0.2, -0.15) is 0 Å². The summed E-state index contributed by atoms with van der Waals surface area (Å²) in [4.78, 5) is 20.3. The summed E-state index contributed by atoms with van der Waals surface area (Å²) in [5.41, 5.74) is 0. The van der Waals surface area contributed by atoms with Crippen LogP contribution in [0.5, 0.6) is 0 Å². The molecule has 11 heavy (non-hydrogen) atoms. The van der Waals surface area contributed by atoms with Gasteiger partial charge in [-0.15, -0.1) is 0 Å². The van der Waals surface area contributed by atoms with Crippen molar-refractivity contribution in [2.45, 2.75) is 32.6 Å². The molecule has 62 valence electrons. The van der Waals surface area contributed by atoms with Gasteiger partial charge in [-0.25, -0.2) is 0 Å². The molecule has 0 unspecified atom stereocenters. The van der Waals surface area contributed by atoms with E-state index in [0.29, 0.717) is 12.8 Å². The molecule has 0 aromatic rings. The average Bonchev–Trinajstić information content (AvgIpc) is 1.96. The maximum atomic E-state index is 10.4. The molecule has 0 amide bonds. The fourth-order valence-corrected chi connectivity index (χ4v) is 0.687. The van der Waals surface area contributed by atoms with Crippen molar-refractivity contribution in [2.75, 3.05) is 0 Å². The van der Waals surface area contributed by atoms with Crippen molar-refractivity contribution in [1.29, 1.82) is 0 Å². The van der Waals surface area contributed by atoms with Gasteiger partial charge in [0.2, 0.25) is 0 Å². The molecule has 2 heteroatoms. The monoisotopic (exact) mass is 154 g/mol. The number of carbonyl (C=O) groups is 2. The highest BCUT2D eigenvalue weighted by atomic mass is 16.1. The molecule has 0 saturated heterocycles. The van der Waals surface area contributed by atoms with Crippen molar-refractivity contribution >= 4 is 12.1 Å². The summed E-state index contributed by atoms with van der Waals surface area (Å²) in [6.07, 6.45) is 7.57. The molecule has 0 fully saturated rings. The van der Waals surface area contributed by atoms with E-state index in [1.807, 2.05) is 12.2 Å². The van der Waals surface area contributed by atoms with Gasteiger partial charge in [-0.3, -0.25) is 0 Å². The Morgan fingerprint density at radius 3 is 2.36 bits per heavy atom. The number of allylic oxidation sites excluding steroid dienone is 2. The third-order valence-electron chi connectivity index (χ3n) is 1.28. The SMILES string of the molecule is CC(=O)CC/C=C\CCC=O. The highest BCUT2D eigenvalue weighted by Gasteiger charge is 1.87. The van der Waals surface area contributed by atoms with Crippen LogP contribution in [-0.4, -0.2) is 12.1 Å². The molecule has 2 nitrogen and oxygen atoms in total. The Morgan fingerprint density at radius 1 is 1.18 bits per heavy atom. The summed E-state index contributed by atoms with van der Waals surface area (Å²) in [6.45, 7) is 1.58. The lowest BCUT2D eigenvalue weighted by Gasteiger charge is -1.87. The predicted molar refractivity (Wildman–Crippen MR) is 44.4 cm³/mol. The van der Waals surface area contributed by atoms with Gasteiger partial charge in [0.1, 0.15) is 12.1 Å². The number of hydrogen-bond acceptors (Lipinski definition) is 2. The van der Waals surface area contributed by atoms with Gasteiger partial charge in [0.05, 0.1) is 0 Å². The van der Waals surface area contributed by atoms with Crippen LogP contribution >= 0.6 is 0 Å². The van der Waals surface area contributed by atoms with E-state index in [0.717, 1.165) is 19.1 Å². The van der Waals surface area contributed by atoms with Crippen LogP contribution in [0.1, 0.15) is 32.6 Å². The van der Waals surface area contributed by atoms with Crippen LogP contribution in [0.15, 0.2) is 12.2 Å². The predicted octanol–water partition coefficient (Wildman–Crippen LogP) is 1.89. The molecular weight excluding hydrogens is 140 g/mol. The zero-order valence-electron chi connectivity index (χ0n) is 6.88. The summed E-state index contributed by atoms with van der Waals surface area (Å²) in [5, 5.41) is 0. The maximum Gasteiger partial charge on any atom is 0.130 e. The van der Waals surface area contributed by atoms with E-state index in [1.54, 1.807) is 6.92 Å². The first kappa shape index (κ1) is 10.1. The summed E-state index contributed by atoms with van der Waals surface area (Å²) < 4.78 is 0. The molecule has 0 spiro atoms. The van der Waals surface area contributed by atoms with Crippen LogP contribution < -0.4 is 0 Å². The molecule has 0 rings (SSSR count). The van der Waals surface area contributed by atoms with Crippen molar-refractivity contribution in [3.05, 3.63) is 12.2 Å². The lowest BCUT2D eigenvalue weighted by atomic mass is 10.2. The number of Topliss-reactive ketones (excluding diaryl/α,β-unsaturated/α-hetero) is 1. The molecule has 0 aliphatic heterocycles. The fraction of sp³-hybridized carbons (Fsp3) is 0.556. The molecule has 0 aliphatic carbocycles. The number of hydrogen-bond donors (Lipinski definition) is 0. The molecule has 0 atom stereocenters. The standard InChI is InChI=1S/C9H14O2/c1-9(11)7-5-3-2-4-6-8-10/h2-3,8H,4-7H2,1H3/b3-2-. The van der Waals surface area contributed by atoms with Crippen molar-refractivity contribution < 1.29 is 9.59 Å². The van der Waals surface area contributed by atoms with Crippen molar-refractivity contribution in [3.63, 3.8) is 0 Å². The minimum Gasteiger partial charge on any atom is -0.303 e. The minimum absolute atomic E-state index is 0.213. The van der Waals surface area contributed by atoms with Crippen molar-refractivity contribution in [1.82, 2.24) is 0 Å². The largest absolute Gasteiger partial charge is 0.303 e. The number of unbranched alkanes of at least 4 members (excludes halogenated alkanes) is 1. The Morgan fingerprint density at radius 2 is 1.82 bits per heavy atom. The highest BCUT2D eigenvalue weighted by Crippen LogP contribution is 1.94. The third-order valence-corrected chi connectivity index (χ3v) is 1.28. The normalized spacial score (nSPS) is 10.3. The second kappa shape index (κ2) is 7.19. The van der Waals surface area contributed by atoms with Crippen LogP contribution in [-0.2, 0) is 9.59 Å². The second-order valence-electron chi connectivity index (χ2n) is 2.46. The summed E-state index contributed by atoms with van der Waals surface area (Å²) >= 11 is 0. The van der Waals surface area contributed by atoms with Crippen LogP contribution in [0.25, 0.3) is 0 Å². The molecule has 0 aromatic carbocycles. The van der Waals surface area contributed by atoms with Gasteiger partial charge in [0.25, 0.3) is 0 Å². The molecule has 0 radical (unpaired) electrons. The van der Waals surface area contributed by atoms with Gasteiger partial charge < -0.3 is 9.59 Å². The third kappa shape index (κ3) is 9.08. The molecule has 0 bridgehead atoms. The molecule has 0 N–H and O–H groups in total. The second-order valence-corrected chi connectivity index (χ2v) is 2.46. The Hall–Kier alpha value is -0.920. The molecule has 0 aliphatic rings. The molecular formula is C9H14O2. The summed E-state index contributed by atoms with van der Waals surface area (Å²) in [7, 11) is 0. The first-order valence-corrected chi connectivity index (χ1v) is 3.85. The Balaban J connectivity index is 3.16. The maximum absolute atomic E-state index is 10.4. The Labute approximate surface area is 67.3 Å². The summed E-state index contributed by atoms with van der Waals surface area (Å²) in [6, 6.07) is 0. The van der Waals surface area contributed by atoms with E-state index >= 15 is 0 Å². The number of aldehydes is 1. The van der Waals surface area contributed by atoms with Crippen LogP contribution in [0, 0.1) is 0 Å². The van der Waals surface area contributed by atoms with E-state index in [1.165, 1.54) is 0 Å². The summed E-state index contributed by atoms with van der Waals surface area (Å²) in [5.74, 6) is 0.213. The number of ketones is 1. The van der Waals surface area contributed by atoms with Gasteiger partial charge in [0.15, 0.2) is 0 Å². The van der Waals surface area contributed by atoms with Crippen LogP contribution in [0.4, 0.5) is 0 Å². The lowest BCUT2D eigenvalue weighted by molar-refractivity contribution is -0.117. The van der Waals surface area contributed by atoms with Crippen molar-refractivity contribution in [2.24, 2.45) is 0 Å². The molecule has 0 aromatic heterocycles. The van der Waals surface area contributed by atoms with Gasteiger partial charge in [-0.1, -0.05) is 12.2 Å². The van der Waals surface area contributed by atoms with Crippen LogP contribution in [0.2, 0.25) is 0 Å². The first-order valence-electron chi connectivity index (χ1n) is 3.85. The van der Waals surface area contributed by atoms with E-state index < -0.39 is 0 Å². The molecule has 0 heterocycles. The smallest absolute Gasteiger partial charge is 0.130 e. The Bertz CT molecular complexity index is 148. The van der Waals surface area contributed by atoms with Gasteiger partial charge >= 0.3 is 0 Å². The topological polar surface area (TPSA) is 34.1 Å². The quantitative estimate of drug-likeness (QED) is 0.332. The fourth-order valence-electron chi connectivity index (χ4n) is 0.687. The van der Waals surface area contributed by atoms with E-state index in [-0.39, 0.29) is 5.78 Å². The zero-order valence-corrected chi connectivity index (χ0v) is 6.88. The minimum atomic E-state index is 0.213. The van der Waals surface area contributed by atoms with E-state index in [2.05, 4.69) is 0 Å². The first-order chi connectivity index (χ1) is 5.27. The zero-order chi connectivity index (χ0) is 8.53. The highest BCUT2D eigenvalue weighted by molar-refractivity contribution is 5.75. The van der Waals surface area contributed by atoms with Gasteiger partial charge in [0, 0.05) is 12.8 Å². The average molecular weight is 154 g/mol. The van der Waals surface area contributed by atoms with E-state index in [9.17, 15) is 9.59 Å². The van der Waals surface area contributed by atoms with Crippen LogP contribution in [0.3, 0.4) is 0 Å². The Kier molecular flexibility index (Phi) is 6.59. The van der Waals surface area contributed by atoms with E-state index in [4.69, 9.17) is 0 Å². The van der Waals surface area contributed by atoms with Crippen molar-refractivity contribution in [3.8, 4) is 0 Å². The van der Waals surface area contributed by atoms with Gasteiger partial charge in [-0.05, 0) is 19.8 Å². The number of carbonyl (C=O) groups excluding carboxylic acids is 2. The lowest BCUT2D eigenvalue weighted by Crippen LogP contribution is -1.86. The molecule has 0 saturated carbocycles. The number of rotatable bonds is 6.